The fraction of sp³-hybridized carbons (Fsp3) is 0.368. The highest BCUT2D eigenvalue weighted by molar-refractivity contribution is 5.55. The average molecular weight is 533 g/mol. The first-order valence-corrected chi connectivity index (χ1v) is 15.2. The van der Waals surface area contributed by atoms with Gasteiger partial charge in [0.05, 0.1) is 0 Å². The molecule has 0 aliphatic heterocycles. The first kappa shape index (κ1) is 29.5. The quantitative estimate of drug-likeness (QED) is 0.133. The summed E-state index contributed by atoms with van der Waals surface area (Å²) < 4.78 is 0. The van der Waals surface area contributed by atoms with Crippen LogP contribution in [0.5, 0.6) is 0 Å². The lowest BCUT2D eigenvalue weighted by Gasteiger charge is -2.10. The van der Waals surface area contributed by atoms with Gasteiger partial charge in [-0.3, -0.25) is 0 Å². The Morgan fingerprint density at radius 3 is 0.975 bits per heavy atom. The van der Waals surface area contributed by atoms with Crippen molar-refractivity contribution in [2.75, 3.05) is 11.5 Å². The Hall–Kier alpha value is -3.52. The molecule has 0 spiro atoms. The van der Waals surface area contributed by atoms with Crippen LogP contribution in [0.15, 0.2) is 72.8 Å². The lowest BCUT2D eigenvalue weighted by Crippen LogP contribution is -1.97. The summed E-state index contributed by atoms with van der Waals surface area (Å²) in [5, 5.41) is 0. The van der Waals surface area contributed by atoms with Crippen LogP contribution >= 0.6 is 0 Å². The molecule has 0 saturated heterocycles. The van der Waals surface area contributed by atoms with Crippen LogP contribution in [-0.4, -0.2) is 0 Å². The van der Waals surface area contributed by atoms with E-state index in [1.165, 1.54) is 107 Å². The molecule has 0 bridgehead atoms. The number of benzene rings is 4. The number of anilines is 2. The Kier molecular flexibility index (Phi) is 10.5. The molecule has 2 heteroatoms. The molecule has 0 heterocycles. The van der Waals surface area contributed by atoms with Crippen molar-refractivity contribution in [2.24, 2.45) is 0 Å². The van der Waals surface area contributed by atoms with Crippen molar-refractivity contribution in [1.82, 2.24) is 0 Å². The molecule has 0 unspecified atom stereocenters. The van der Waals surface area contributed by atoms with Crippen molar-refractivity contribution in [3.8, 4) is 0 Å². The molecule has 0 amide bonds. The van der Waals surface area contributed by atoms with E-state index in [1.54, 1.807) is 0 Å². The summed E-state index contributed by atoms with van der Waals surface area (Å²) in [5.41, 5.74) is 27.1. The van der Waals surface area contributed by atoms with Crippen LogP contribution < -0.4 is 11.5 Å². The van der Waals surface area contributed by atoms with Crippen molar-refractivity contribution in [3.63, 3.8) is 0 Å². The third-order valence-electron chi connectivity index (χ3n) is 8.35. The van der Waals surface area contributed by atoms with Crippen LogP contribution in [-0.2, 0) is 25.7 Å². The lowest BCUT2D eigenvalue weighted by molar-refractivity contribution is 0.594. The first-order chi connectivity index (χ1) is 19.3. The SMILES string of the molecule is Cc1cc(Cc2ccc(CCCCCCCCc3ccc(Cc4cc(C)c(N)c(C)c4)cc3)cc2)cc(C)c1N. The van der Waals surface area contributed by atoms with Gasteiger partial charge in [-0.15, -0.1) is 0 Å². The van der Waals surface area contributed by atoms with Crippen LogP contribution in [0.2, 0.25) is 0 Å². The monoisotopic (exact) mass is 532 g/mol. The maximum atomic E-state index is 6.11. The molecule has 2 nitrogen and oxygen atoms in total. The van der Waals surface area contributed by atoms with E-state index in [4.69, 9.17) is 11.5 Å². The predicted molar refractivity (Wildman–Crippen MR) is 174 cm³/mol. The predicted octanol–water partition coefficient (Wildman–Crippen LogP) is 9.39. The molecular formula is C38H48N2. The molecule has 0 saturated carbocycles. The van der Waals surface area contributed by atoms with E-state index in [2.05, 4.69) is 100 Å². The number of hydrogen-bond donors (Lipinski definition) is 2. The van der Waals surface area contributed by atoms with Crippen molar-refractivity contribution in [2.45, 2.75) is 91.9 Å². The second-order valence-electron chi connectivity index (χ2n) is 11.9. The van der Waals surface area contributed by atoms with E-state index in [0.29, 0.717) is 0 Å². The van der Waals surface area contributed by atoms with E-state index in [9.17, 15) is 0 Å². The van der Waals surface area contributed by atoms with Gasteiger partial charge in [0.25, 0.3) is 0 Å². The fourth-order valence-corrected chi connectivity index (χ4v) is 5.82. The number of aryl methyl sites for hydroxylation is 6. The van der Waals surface area contributed by atoms with E-state index >= 15 is 0 Å². The highest BCUT2D eigenvalue weighted by Crippen LogP contribution is 2.23. The zero-order valence-corrected chi connectivity index (χ0v) is 25.2. The third kappa shape index (κ3) is 8.49. The molecule has 4 aromatic carbocycles. The van der Waals surface area contributed by atoms with Crippen molar-refractivity contribution in [3.05, 3.63) is 128 Å². The van der Waals surface area contributed by atoms with Crippen molar-refractivity contribution >= 4 is 11.4 Å². The molecule has 0 aliphatic carbocycles. The van der Waals surface area contributed by atoms with Crippen LogP contribution in [0.4, 0.5) is 11.4 Å². The molecule has 0 radical (unpaired) electrons. The largest absolute Gasteiger partial charge is 0.398 e. The van der Waals surface area contributed by atoms with E-state index in [-0.39, 0.29) is 0 Å². The van der Waals surface area contributed by atoms with Gasteiger partial charge in [0.2, 0.25) is 0 Å². The van der Waals surface area contributed by atoms with Gasteiger partial charge in [-0.2, -0.15) is 0 Å². The van der Waals surface area contributed by atoms with Gasteiger partial charge in [0, 0.05) is 11.4 Å². The molecular weight excluding hydrogens is 484 g/mol. The van der Waals surface area contributed by atoms with Crippen molar-refractivity contribution < 1.29 is 0 Å². The summed E-state index contributed by atoms with van der Waals surface area (Å²) in [6.45, 7) is 8.39. The second kappa shape index (κ2) is 14.2. The minimum Gasteiger partial charge on any atom is -0.398 e. The first-order valence-electron chi connectivity index (χ1n) is 15.2. The average Bonchev–Trinajstić information content (AvgIpc) is 2.93. The van der Waals surface area contributed by atoms with E-state index in [0.717, 1.165) is 24.2 Å². The summed E-state index contributed by atoms with van der Waals surface area (Å²) in [5.74, 6) is 0. The number of unbranched alkanes of at least 4 members (excludes halogenated alkanes) is 5. The molecule has 4 aromatic rings. The normalized spacial score (nSPS) is 11.2. The Labute approximate surface area is 242 Å². The van der Waals surface area contributed by atoms with Gasteiger partial charge in [-0.25, -0.2) is 0 Å². The van der Waals surface area contributed by atoms with E-state index in [1.807, 2.05) is 0 Å². The summed E-state index contributed by atoms with van der Waals surface area (Å²) >= 11 is 0. The minimum atomic E-state index is 0.917. The van der Waals surface area contributed by atoms with Gasteiger partial charge >= 0.3 is 0 Å². The number of hydrogen-bond acceptors (Lipinski definition) is 2. The standard InChI is InChI=1S/C38H48N2/c1-27-21-35(22-28(2)37(27)39)25-33-17-13-31(14-18-33)11-9-7-5-6-8-10-12-32-15-19-34(20-16-32)26-36-23-29(3)38(40)30(4)24-36/h13-24H,5-12,25-26,39-40H2,1-4H3. The second-order valence-corrected chi connectivity index (χ2v) is 11.9. The Morgan fingerprint density at radius 1 is 0.375 bits per heavy atom. The van der Waals surface area contributed by atoms with Crippen LogP contribution in [0, 0.1) is 27.7 Å². The topological polar surface area (TPSA) is 52.0 Å². The Bertz CT molecular complexity index is 1230. The Balaban J connectivity index is 1.08. The molecule has 4 rings (SSSR count). The summed E-state index contributed by atoms with van der Waals surface area (Å²) in [4.78, 5) is 0. The van der Waals surface area contributed by atoms with E-state index < -0.39 is 0 Å². The lowest BCUT2D eigenvalue weighted by atomic mass is 9.97. The molecule has 0 aliphatic rings. The van der Waals surface area contributed by atoms with Crippen LogP contribution in [0.25, 0.3) is 0 Å². The molecule has 0 fully saturated rings. The maximum absolute atomic E-state index is 6.11. The molecule has 0 atom stereocenters. The van der Waals surface area contributed by atoms with Gasteiger partial charge in [0.15, 0.2) is 0 Å². The highest BCUT2D eigenvalue weighted by atomic mass is 14.6. The Morgan fingerprint density at radius 2 is 0.650 bits per heavy atom. The maximum Gasteiger partial charge on any atom is 0.0373 e. The minimum absolute atomic E-state index is 0.917. The number of nitrogen functional groups attached to an aromatic ring is 2. The van der Waals surface area contributed by atoms with Crippen LogP contribution in [0.1, 0.15) is 94.2 Å². The van der Waals surface area contributed by atoms with Gasteiger partial charge < -0.3 is 11.5 Å². The van der Waals surface area contributed by atoms with Crippen LogP contribution in [0.3, 0.4) is 0 Å². The summed E-state index contributed by atoms with van der Waals surface area (Å²) in [6.07, 6.45) is 12.2. The number of rotatable bonds is 13. The molecule has 40 heavy (non-hydrogen) atoms. The number of nitrogens with two attached hydrogens (primary N) is 2. The molecule has 0 aromatic heterocycles. The molecule has 4 N–H and O–H groups in total. The zero-order chi connectivity index (χ0) is 28.5. The van der Waals surface area contributed by atoms with Gasteiger partial charge in [0.1, 0.15) is 0 Å². The summed E-state index contributed by atoms with van der Waals surface area (Å²) in [7, 11) is 0. The molecule has 210 valence electrons. The zero-order valence-electron chi connectivity index (χ0n) is 25.2. The van der Waals surface area contributed by atoms with Gasteiger partial charge in [-0.05, 0) is 122 Å². The van der Waals surface area contributed by atoms with Gasteiger partial charge in [-0.1, -0.05) is 98.5 Å². The van der Waals surface area contributed by atoms with Crippen molar-refractivity contribution in [1.29, 1.82) is 0 Å². The fourth-order valence-electron chi connectivity index (χ4n) is 5.82. The highest BCUT2D eigenvalue weighted by Gasteiger charge is 2.05. The smallest absolute Gasteiger partial charge is 0.0373 e. The summed E-state index contributed by atoms with van der Waals surface area (Å²) in [6, 6.07) is 27.3. The third-order valence-corrected chi connectivity index (χ3v) is 8.35.